The van der Waals surface area contributed by atoms with Crippen molar-refractivity contribution in [1.82, 2.24) is 35.0 Å². The molecular formula is C29H22F3N7O. The van der Waals surface area contributed by atoms with E-state index < -0.39 is 11.7 Å². The Kier molecular flexibility index (Phi) is 5.56. The zero-order valence-electron chi connectivity index (χ0n) is 21.0. The number of benzene rings is 1. The number of halogens is 3. The highest BCUT2D eigenvalue weighted by Gasteiger charge is 2.37. The normalized spacial score (nSPS) is 15.4. The van der Waals surface area contributed by atoms with Crippen LogP contribution < -0.4 is 0 Å². The highest BCUT2D eigenvalue weighted by molar-refractivity contribution is 6.00. The number of alkyl halides is 2. The van der Waals surface area contributed by atoms with E-state index in [9.17, 15) is 18.3 Å². The average molecular weight is 542 g/mol. The summed E-state index contributed by atoms with van der Waals surface area (Å²) in [7, 11) is 0. The van der Waals surface area contributed by atoms with E-state index in [1.165, 1.54) is 12.1 Å². The number of aromatic hydroxyl groups is 1. The van der Waals surface area contributed by atoms with Gasteiger partial charge in [-0.3, -0.25) is 25.0 Å². The van der Waals surface area contributed by atoms with Crippen LogP contribution in [0.25, 0.3) is 55.7 Å². The molecule has 0 unspecified atom stereocenters. The smallest absolute Gasteiger partial charge is 0.261 e. The quantitative estimate of drug-likeness (QED) is 0.250. The Morgan fingerprint density at radius 3 is 2.62 bits per heavy atom. The minimum absolute atomic E-state index is 0.127. The van der Waals surface area contributed by atoms with Gasteiger partial charge in [0.2, 0.25) is 0 Å². The number of hydrogen-bond donors (Lipinski definition) is 3. The van der Waals surface area contributed by atoms with E-state index in [0.29, 0.717) is 35.7 Å². The first-order valence-electron chi connectivity index (χ1n) is 12.7. The fourth-order valence-corrected chi connectivity index (χ4v) is 5.32. The molecule has 8 nitrogen and oxygen atoms in total. The second kappa shape index (κ2) is 9.16. The molecule has 6 aromatic rings. The molecule has 200 valence electrons. The van der Waals surface area contributed by atoms with Gasteiger partial charge in [-0.2, -0.15) is 5.10 Å². The number of nitrogens with zero attached hydrogens (tertiary/aromatic N) is 5. The van der Waals surface area contributed by atoms with Crippen LogP contribution in [0.15, 0.2) is 67.3 Å². The molecule has 0 saturated carbocycles. The van der Waals surface area contributed by atoms with Crippen molar-refractivity contribution in [3.63, 3.8) is 0 Å². The van der Waals surface area contributed by atoms with Crippen LogP contribution in [0.3, 0.4) is 0 Å². The summed E-state index contributed by atoms with van der Waals surface area (Å²) in [6.07, 6.45) is 6.58. The van der Waals surface area contributed by atoms with Gasteiger partial charge in [0.25, 0.3) is 5.92 Å². The predicted molar refractivity (Wildman–Crippen MR) is 144 cm³/mol. The number of fused-ring (bicyclic) bond motifs is 2. The number of phenolic OH excluding ortho intramolecular Hbond substituents is 1. The van der Waals surface area contributed by atoms with Crippen molar-refractivity contribution in [2.45, 2.75) is 18.9 Å². The lowest BCUT2D eigenvalue weighted by atomic mass is 10.1. The van der Waals surface area contributed by atoms with E-state index in [-0.39, 0.29) is 18.7 Å². The first-order chi connectivity index (χ1) is 19.3. The van der Waals surface area contributed by atoms with Crippen molar-refractivity contribution in [3.05, 3.63) is 78.6 Å². The SMILES string of the molecule is Oc1cc(F)cc(-c2nccc3[nH]c(-c4n[nH]c5cnc(-c6cncc(CN7CCC(F)(F)C7)c6)cc45)cc23)c1. The highest BCUT2D eigenvalue weighted by Crippen LogP contribution is 2.35. The molecule has 0 aliphatic carbocycles. The minimum atomic E-state index is -2.65. The Morgan fingerprint density at radius 1 is 0.925 bits per heavy atom. The Morgan fingerprint density at radius 2 is 1.80 bits per heavy atom. The summed E-state index contributed by atoms with van der Waals surface area (Å²) in [6.45, 7) is 0.494. The van der Waals surface area contributed by atoms with Crippen molar-refractivity contribution >= 4 is 21.8 Å². The van der Waals surface area contributed by atoms with Gasteiger partial charge in [0.05, 0.1) is 35.3 Å². The number of aromatic nitrogens is 6. The summed E-state index contributed by atoms with van der Waals surface area (Å²) in [5, 5.41) is 19.0. The van der Waals surface area contributed by atoms with Crippen molar-refractivity contribution in [2.24, 2.45) is 0 Å². The predicted octanol–water partition coefficient (Wildman–Crippen LogP) is 5.92. The van der Waals surface area contributed by atoms with E-state index in [4.69, 9.17) is 0 Å². The molecule has 3 N–H and O–H groups in total. The Hall–Kier alpha value is -4.77. The molecule has 6 heterocycles. The Labute approximate surface area is 225 Å². The molecule has 1 aromatic carbocycles. The molecule has 5 aromatic heterocycles. The topological polar surface area (TPSA) is 107 Å². The Balaban J connectivity index is 1.25. The summed E-state index contributed by atoms with van der Waals surface area (Å²) < 4.78 is 41.3. The molecule has 1 fully saturated rings. The number of rotatable bonds is 5. The van der Waals surface area contributed by atoms with Gasteiger partial charge in [0, 0.05) is 71.6 Å². The molecule has 1 aliphatic rings. The van der Waals surface area contributed by atoms with E-state index in [1.54, 1.807) is 29.7 Å². The molecular weight excluding hydrogens is 519 g/mol. The minimum Gasteiger partial charge on any atom is -0.508 e. The van der Waals surface area contributed by atoms with Gasteiger partial charge >= 0.3 is 0 Å². The third-order valence-electron chi connectivity index (χ3n) is 7.15. The number of H-pyrrole nitrogens is 2. The van der Waals surface area contributed by atoms with Crippen molar-refractivity contribution in [1.29, 1.82) is 0 Å². The van der Waals surface area contributed by atoms with Crippen molar-refractivity contribution in [3.8, 4) is 39.7 Å². The molecule has 40 heavy (non-hydrogen) atoms. The summed E-state index contributed by atoms with van der Waals surface area (Å²) >= 11 is 0. The maximum absolute atomic E-state index is 14.0. The van der Waals surface area contributed by atoms with E-state index >= 15 is 0 Å². The van der Waals surface area contributed by atoms with Crippen LogP contribution >= 0.6 is 0 Å². The summed E-state index contributed by atoms with van der Waals surface area (Å²) in [4.78, 5) is 18.4. The van der Waals surface area contributed by atoms with Gasteiger partial charge in [0.1, 0.15) is 17.3 Å². The molecule has 0 bridgehead atoms. The molecule has 0 atom stereocenters. The standard InChI is InChI=1S/C29H22F3N7O/c30-19-6-17(7-20(40)8-19)27-21-10-25(36-23(21)1-3-34-27)28-22-9-24(35-13-26(22)37-38-28)18-5-16(11-33-12-18)14-39-4-2-29(31,32)15-39/h1,3,5-13,36,40H,2,4,14-15H2,(H,37,38). The summed E-state index contributed by atoms with van der Waals surface area (Å²) in [5.74, 6) is -3.38. The van der Waals surface area contributed by atoms with Crippen LogP contribution in [0.2, 0.25) is 0 Å². The van der Waals surface area contributed by atoms with Gasteiger partial charge in [-0.15, -0.1) is 0 Å². The lowest BCUT2D eigenvalue weighted by Crippen LogP contribution is -2.24. The highest BCUT2D eigenvalue weighted by atomic mass is 19.3. The van der Waals surface area contributed by atoms with Gasteiger partial charge < -0.3 is 10.1 Å². The lowest BCUT2D eigenvalue weighted by molar-refractivity contribution is 0.0115. The molecule has 0 amide bonds. The monoisotopic (exact) mass is 541 g/mol. The fraction of sp³-hybridized carbons (Fsp3) is 0.172. The maximum atomic E-state index is 14.0. The third-order valence-corrected chi connectivity index (χ3v) is 7.15. The number of aromatic amines is 2. The van der Waals surface area contributed by atoms with E-state index in [1.807, 2.05) is 24.3 Å². The van der Waals surface area contributed by atoms with Crippen LogP contribution in [0, 0.1) is 5.82 Å². The second-order valence-electron chi connectivity index (χ2n) is 10.1. The van der Waals surface area contributed by atoms with Crippen molar-refractivity contribution < 1.29 is 18.3 Å². The van der Waals surface area contributed by atoms with Crippen LogP contribution in [-0.4, -0.2) is 59.2 Å². The number of pyridine rings is 3. The summed E-state index contributed by atoms with van der Waals surface area (Å²) in [5.41, 5.74) is 6.14. The van der Waals surface area contributed by atoms with Gasteiger partial charge in [-0.1, -0.05) is 0 Å². The maximum Gasteiger partial charge on any atom is 0.261 e. The number of phenols is 1. The number of hydrogen-bond acceptors (Lipinski definition) is 6. The Bertz CT molecular complexity index is 1880. The van der Waals surface area contributed by atoms with Gasteiger partial charge in [-0.05, 0) is 42.0 Å². The van der Waals surface area contributed by atoms with E-state index in [2.05, 4.69) is 30.1 Å². The molecule has 0 radical (unpaired) electrons. The van der Waals surface area contributed by atoms with Gasteiger partial charge in [-0.25, -0.2) is 13.2 Å². The molecule has 7 rings (SSSR count). The zero-order valence-corrected chi connectivity index (χ0v) is 21.0. The fourth-order valence-electron chi connectivity index (χ4n) is 5.32. The number of likely N-dealkylation sites (tertiary alicyclic amines) is 1. The van der Waals surface area contributed by atoms with Gasteiger partial charge in [0.15, 0.2) is 0 Å². The molecule has 1 saturated heterocycles. The molecule has 0 spiro atoms. The van der Waals surface area contributed by atoms with Crippen LogP contribution in [0.5, 0.6) is 5.75 Å². The first-order valence-corrected chi connectivity index (χ1v) is 12.7. The second-order valence-corrected chi connectivity index (χ2v) is 10.1. The number of nitrogens with one attached hydrogen (secondary N) is 2. The van der Waals surface area contributed by atoms with Crippen LogP contribution in [0.1, 0.15) is 12.0 Å². The lowest BCUT2D eigenvalue weighted by Gasteiger charge is -2.15. The van der Waals surface area contributed by atoms with Crippen molar-refractivity contribution in [2.75, 3.05) is 13.1 Å². The average Bonchev–Trinajstić information content (AvgIpc) is 3.63. The summed E-state index contributed by atoms with van der Waals surface area (Å²) in [6, 6.07) is 11.4. The largest absolute Gasteiger partial charge is 0.508 e. The zero-order chi connectivity index (χ0) is 27.4. The molecule has 11 heteroatoms. The van der Waals surface area contributed by atoms with Crippen LogP contribution in [0.4, 0.5) is 13.2 Å². The first kappa shape index (κ1) is 24.3. The van der Waals surface area contributed by atoms with E-state index in [0.717, 1.165) is 44.7 Å². The molecule has 1 aliphatic heterocycles. The third kappa shape index (κ3) is 4.43. The van der Waals surface area contributed by atoms with Crippen LogP contribution in [-0.2, 0) is 6.54 Å².